The molecule has 0 heterocycles. The van der Waals surface area contributed by atoms with E-state index in [4.69, 9.17) is 5.73 Å². The maximum absolute atomic E-state index is 11.2. The summed E-state index contributed by atoms with van der Waals surface area (Å²) in [4.78, 5) is 11.2. The minimum absolute atomic E-state index is 0.190. The smallest absolute Gasteiger partial charge is 0.337 e. The van der Waals surface area contributed by atoms with E-state index in [1.54, 1.807) is 6.07 Å². The Morgan fingerprint density at radius 2 is 2.00 bits per heavy atom. The van der Waals surface area contributed by atoms with Crippen molar-refractivity contribution in [2.75, 3.05) is 11.1 Å². The number of benzene rings is 1. The number of carboxylic acid groups (broad SMARTS) is 1. The lowest BCUT2D eigenvalue weighted by Crippen LogP contribution is -2.26. The van der Waals surface area contributed by atoms with Gasteiger partial charge in [0.25, 0.3) is 0 Å². The molecule has 0 unspecified atom stereocenters. The number of nitrogens with two attached hydrogens (primary N) is 1. The normalized spacial score (nSPS) is 22.5. The Balaban J connectivity index is 2.08. The van der Waals surface area contributed by atoms with Gasteiger partial charge in [-0.05, 0) is 56.2 Å². The van der Waals surface area contributed by atoms with Crippen molar-refractivity contribution < 1.29 is 9.90 Å². The van der Waals surface area contributed by atoms with E-state index in [0.29, 0.717) is 11.7 Å². The van der Waals surface area contributed by atoms with Gasteiger partial charge in [0, 0.05) is 17.4 Å². The van der Waals surface area contributed by atoms with Gasteiger partial charge in [-0.25, -0.2) is 4.79 Å². The van der Waals surface area contributed by atoms with Crippen molar-refractivity contribution in [1.29, 1.82) is 0 Å². The lowest BCUT2D eigenvalue weighted by atomic mass is 9.84. The van der Waals surface area contributed by atoms with E-state index >= 15 is 0 Å². The number of nitrogen functional groups attached to an aromatic ring is 1. The summed E-state index contributed by atoms with van der Waals surface area (Å²) >= 11 is 0. The van der Waals surface area contributed by atoms with Crippen LogP contribution in [0.5, 0.6) is 0 Å². The van der Waals surface area contributed by atoms with E-state index in [1.165, 1.54) is 19.3 Å². The van der Waals surface area contributed by atoms with Crippen LogP contribution in [-0.4, -0.2) is 17.1 Å². The molecule has 1 aliphatic carbocycles. The summed E-state index contributed by atoms with van der Waals surface area (Å²) < 4.78 is 0. The fraction of sp³-hybridized carbons (Fsp3) is 0.562. The number of hydrogen-bond acceptors (Lipinski definition) is 3. The molecule has 0 radical (unpaired) electrons. The molecule has 1 aliphatic rings. The van der Waals surface area contributed by atoms with Crippen LogP contribution < -0.4 is 11.1 Å². The minimum Gasteiger partial charge on any atom is -0.478 e. The van der Waals surface area contributed by atoms with Gasteiger partial charge in [-0.3, -0.25) is 0 Å². The zero-order valence-corrected chi connectivity index (χ0v) is 12.3. The summed E-state index contributed by atoms with van der Waals surface area (Å²) in [7, 11) is 0. The van der Waals surface area contributed by atoms with Crippen LogP contribution in [-0.2, 0) is 0 Å². The van der Waals surface area contributed by atoms with Gasteiger partial charge in [0.2, 0.25) is 0 Å². The predicted octanol–water partition coefficient (Wildman–Crippen LogP) is 3.66. The lowest BCUT2D eigenvalue weighted by Gasteiger charge is -2.29. The number of carbonyl (C=O) groups is 1. The van der Waals surface area contributed by atoms with E-state index in [0.717, 1.165) is 30.0 Å². The van der Waals surface area contributed by atoms with Crippen LogP contribution in [0.2, 0.25) is 0 Å². The maximum atomic E-state index is 11.2. The largest absolute Gasteiger partial charge is 0.478 e. The predicted molar refractivity (Wildman–Crippen MR) is 82.2 cm³/mol. The number of carboxylic acids is 1. The zero-order chi connectivity index (χ0) is 14.7. The third-order valence-electron chi connectivity index (χ3n) is 4.41. The molecule has 4 nitrogen and oxygen atoms in total. The van der Waals surface area contributed by atoms with Gasteiger partial charge in [0.15, 0.2) is 0 Å². The highest BCUT2D eigenvalue weighted by molar-refractivity contribution is 5.95. The monoisotopic (exact) mass is 276 g/mol. The second-order valence-corrected chi connectivity index (χ2v) is 5.83. The average molecular weight is 276 g/mol. The fourth-order valence-electron chi connectivity index (χ4n) is 3.01. The summed E-state index contributed by atoms with van der Waals surface area (Å²) in [6.07, 6.45) is 6.09. The number of aryl methyl sites for hydroxylation is 1. The van der Waals surface area contributed by atoms with Gasteiger partial charge in [-0.1, -0.05) is 13.3 Å². The molecule has 0 aromatic heterocycles. The standard InChI is InChI=1S/C16H24N2O2/c1-3-11-4-6-12(7-5-11)18-13-8-10(2)15(17)14(9-13)16(19)20/h8-9,11-12,18H,3-7,17H2,1-2H3,(H,19,20). The molecule has 2 rings (SSSR count). The molecule has 0 atom stereocenters. The van der Waals surface area contributed by atoms with Crippen LogP contribution in [0.1, 0.15) is 54.9 Å². The minimum atomic E-state index is -0.969. The number of nitrogens with one attached hydrogen (secondary N) is 1. The molecular weight excluding hydrogens is 252 g/mol. The number of anilines is 2. The summed E-state index contributed by atoms with van der Waals surface area (Å²) in [6.45, 7) is 4.10. The zero-order valence-electron chi connectivity index (χ0n) is 12.3. The highest BCUT2D eigenvalue weighted by Crippen LogP contribution is 2.30. The third kappa shape index (κ3) is 3.24. The molecule has 1 aromatic rings. The van der Waals surface area contributed by atoms with Crippen molar-refractivity contribution in [3.8, 4) is 0 Å². The second kappa shape index (κ2) is 6.16. The van der Waals surface area contributed by atoms with Crippen LogP contribution in [0, 0.1) is 12.8 Å². The number of hydrogen-bond donors (Lipinski definition) is 3. The summed E-state index contributed by atoms with van der Waals surface area (Å²) in [6, 6.07) is 4.03. The SMILES string of the molecule is CCC1CCC(Nc2cc(C)c(N)c(C(=O)O)c2)CC1. The van der Waals surface area contributed by atoms with E-state index in [9.17, 15) is 9.90 Å². The summed E-state index contributed by atoms with van der Waals surface area (Å²) in [5.74, 6) is -0.111. The molecule has 20 heavy (non-hydrogen) atoms. The summed E-state index contributed by atoms with van der Waals surface area (Å²) in [5, 5.41) is 12.6. The first-order chi connectivity index (χ1) is 9.51. The first-order valence-electron chi connectivity index (χ1n) is 7.41. The van der Waals surface area contributed by atoms with Gasteiger partial charge in [-0.2, -0.15) is 0 Å². The molecule has 0 amide bonds. The highest BCUT2D eigenvalue weighted by Gasteiger charge is 2.20. The summed E-state index contributed by atoms with van der Waals surface area (Å²) in [5.41, 5.74) is 8.05. The molecule has 1 fully saturated rings. The van der Waals surface area contributed by atoms with Gasteiger partial charge in [-0.15, -0.1) is 0 Å². The van der Waals surface area contributed by atoms with Crippen molar-refractivity contribution in [2.24, 2.45) is 5.92 Å². The van der Waals surface area contributed by atoms with Crippen LogP contribution in [0.4, 0.5) is 11.4 Å². The Morgan fingerprint density at radius 3 is 2.55 bits per heavy atom. The van der Waals surface area contributed by atoms with E-state index in [1.807, 2.05) is 13.0 Å². The molecule has 4 heteroatoms. The molecule has 0 saturated heterocycles. The van der Waals surface area contributed by atoms with Crippen molar-refractivity contribution in [1.82, 2.24) is 0 Å². The number of aromatic carboxylic acids is 1. The molecule has 0 aliphatic heterocycles. The average Bonchev–Trinajstić information content (AvgIpc) is 2.43. The molecule has 1 saturated carbocycles. The van der Waals surface area contributed by atoms with Gasteiger partial charge in [0.05, 0.1) is 5.56 Å². The molecule has 0 spiro atoms. The van der Waals surface area contributed by atoms with Crippen molar-refractivity contribution >= 4 is 17.3 Å². The molecule has 0 bridgehead atoms. The molecule has 110 valence electrons. The van der Waals surface area contributed by atoms with Crippen molar-refractivity contribution in [3.63, 3.8) is 0 Å². The van der Waals surface area contributed by atoms with Gasteiger partial charge in [0.1, 0.15) is 0 Å². The van der Waals surface area contributed by atoms with Gasteiger partial charge >= 0.3 is 5.97 Å². The second-order valence-electron chi connectivity index (χ2n) is 5.83. The molecule has 4 N–H and O–H groups in total. The van der Waals surface area contributed by atoms with Crippen LogP contribution >= 0.6 is 0 Å². The molecular formula is C16H24N2O2. The maximum Gasteiger partial charge on any atom is 0.337 e. The van der Waals surface area contributed by atoms with E-state index in [2.05, 4.69) is 12.2 Å². The number of rotatable bonds is 4. The molecule has 1 aromatic carbocycles. The van der Waals surface area contributed by atoms with E-state index in [-0.39, 0.29) is 5.56 Å². The Kier molecular flexibility index (Phi) is 4.53. The van der Waals surface area contributed by atoms with Gasteiger partial charge < -0.3 is 16.2 Å². The topological polar surface area (TPSA) is 75.3 Å². The van der Waals surface area contributed by atoms with Crippen molar-refractivity contribution in [3.05, 3.63) is 23.3 Å². The Hall–Kier alpha value is -1.71. The first-order valence-corrected chi connectivity index (χ1v) is 7.41. The Bertz CT molecular complexity index is 491. The Morgan fingerprint density at radius 1 is 1.35 bits per heavy atom. The van der Waals surface area contributed by atoms with Crippen LogP contribution in [0.15, 0.2) is 12.1 Å². The highest BCUT2D eigenvalue weighted by atomic mass is 16.4. The first kappa shape index (κ1) is 14.7. The van der Waals surface area contributed by atoms with Crippen LogP contribution in [0.3, 0.4) is 0 Å². The van der Waals surface area contributed by atoms with Crippen LogP contribution in [0.25, 0.3) is 0 Å². The van der Waals surface area contributed by atoms with E-state index < -0.39 is 5.97 Å². The quantitative estimate of drug-likeness (QED) is 0.734. The van der Waals surface area contributed by atoms with Crippen molar-refractivity contribution in [2.45, 2.75) is 52.0 Å². The Labute approximate surface area is 120 Å². The third-order valence-corrected chi connectivity index (χ3v) is 4.41. The fourth-order valence-corrected chi connectivity index (χ4v) is 3.01. The lowest BCUT2D eigenvalue weighted by molar-refractivity contribution is 0.0698.